The van der Waals surface area contributed by atoms with Gasteiger partial charge < -0.3 is 0 Å². The van der Waals surface area contributed by atoms with E-state index in [2.05, 4.69) is 5.32 Å². The Morgan fingerprint density at radius 3 is 1.65 bits per heavy atom. The Morgan fingerprint density at radius 1 is 0.700 bits per heavy atom. The van der Waals surface area contributed by atoms with Crippen LogP contribution in [0.1, 0.15) is 38.0 Å². The summed E-state index contributed by atoms with van der Waals surface area (Å²) in [4.78, 5) is 34.8. The third-order valence-corrected chi connectivity index (χ3v) is 2.82. The molecule has 0 bridgehead atoms. The molecule has 0 spiro atoms. The van der Waals surface area contributed by atoms with Crippen LogP contribution in [0.4, 0.5) is 0 Å². The molecule has 0 aliphatic heterocycles. The lowest BCUT2D eigenvalue weighted by Crippen LogP contribution is -2.30. The van der Waals surface area contributed by atoms with Crippen LogP contribution in [0.5, 0.6) is 0 Å². The molecule has 100 valence electrons. The summed E-state index contributed by atoms with van der Waals surface area (Å²) < 4.78 is 0. The Kier molecular flexibility index (Phi) is 4.05. The number of nitrogens with one attached hydrogen (secondary N) is 1. The maximum atomic E-state index is 11.9. The molecule has 20 heavy (non-hydrogen) atoms. The standard InChI is InChI=1S/C16H13NO3/c1-11(18)12-7-9-14(10-8-12)16(20)17-15(19)13-5-3-2-4-6-13/h2-10H,1H3,(H,17,19,20). The van der Waals surface area contributed by atoms with Gasteiger partial charge in [0.25, 0.3) is 11.8 Å². The van der Waals surface area contributed by atoms with Crippen LogP contribution in [0.3, 0.4) is 0 Å². The predicted octanol–water partition coefficient (Wildman–Crippen LogP) is 2.46. The summed E-state index contributed by atoms with van der Waals surface area (Å²) in [5, 5.41) is 2.30. The zero-order valence-corrected chi connectivity index (χ0v) is 10.9. The molecule has 0 radical (unpaired) electrons. The van der Waals surface area contributed by atoms with E-state index >= 15 is 0 Å². The monoisotopic (exact) mass is 267 g/mol. The molecule has 2 amide bonds. The number of amides is 2. The summed E-state index contributed by atoms with van der Waals surface area (Å²) in [7, 11) is 0. The van der Waals surface area contributed by atoms with Gasteiger partial charge in [0.1, 0.15) is 0 Å². The molecule has 4 heteroatoms. The summed E-state index contributed by atoms with van der Waals surface area (Å²) in [6.07, 6.45) is 0. The van der Waals surface area contributed by atoms with E-state index in [-0.39, 0.29) is 5.78 Å². The van der Waals surface area contributed by atoms with Crippen LogP contribution in [0, 0.1) is 0 Å². The van der Waals surface area contributed by atoms with Gasteiger partial charge in [-0.1, -0.05) is 30.3 Å². The van der Waals surface area contributed by atoms with Crippen LogP contribution >= 0.6 is 0 Å². The minimum Gasteiger partial charge on any atom is -0.295 e. The van der Waals surface area contributed by atoms with Crippen LogP contribution in [-0.2, 0) is 0 Å². The van der Waals surface area contributed by atoms with Gasteiger partial charge in [-0.2, -0.15) is 0 Å². The van der Waals surface area contributed by atoms with Crippen molar-refractivity contribution in [1.29, 1.82) is 0 Å². The summed E-state index contributed by atoms with van der Waals surface area (Å²) in [5.41, 5.74) is 1.27. The number of ketones is 1. The van der Waals surface area contributed by atoms with Gasteiger partial charge in [-0.25, -0.2) is 0 Å². The van der Waals surface area contributed by atoms with E-state index in [1.54, 1.807) is 42.5 Å². The second kappa shape index (κ2) is 5.93. The van der Waals surface area contributed by atoms with E-state index < -0.39 is 11.8 Å². The minimum absolute atomic E-state index is 0.0719. The van der Waals surface area contributed by atoms with Crippen molar-refractivity contribution in [3.63, 3.8) is 0 Å². The third kappa shape index (κ3) is 3.17. The smallest absolute Gasteiger partial charge is 0.258 e. The van der Waals surface area contributed by atoms with Crippen molar-refractivity contribution in [3.05, 3.63) is 71.3 Å². The fraction of sp³-hybridized carbons (Fsp3) is 0.0625. The summed E-state index contributed by atoms with van der Waals surface area (Å²) in [6.45, 7) is 1.45. The fourth-order valence-electron chi connectivity index (χ4n) is 1.69. The molecule has 0 saturated carbocycles. The van der Waals surface area contributed by atoms with E-state index in [4.69, 9.17) is 0 Å². The zero-order chi connectivity index (χ0) is 14.5. The highest BCUT2D eigenvalue weighted by molar-refractivity contribution is 6.10. The van der Waals surface area contributed by atoms with Crippen LogP contribution in [0.15, 0.2) is 54.6 Å². The van der Waals surface area contributed by atoms with Gasteiger partial charge in [-0.15, -0.1) is 0 Å². The first-order valence-electron chi connectivity index (χ1n) is 6.09. The van der Waals surface area contributed by atoms with Crippen LogP contribution in [0.25, 0.3) is 0 Å². The molecule has 2 rings (SSSR count). The first-order valence-corrected chi connectivity index (χ1v) is 6.09. The van der Waals surface area contributed by atoms with Gasteiger partial charge >= 0.3 is 0 Å². The maximum absolute atomic E-state index is 11.9. The van der Waals surface area contributed by atoms with E-state index in [9.17, 15) is 14.4 Å². The van der Waals surface area contributed by atoms with Gasteiger partial charge in [-0.05, 0) is 31.2 Å². The fourth-order valence-corrected chi connectivity index (χ4v) is 1.69. The SMILES string of the molecule is CC(=O)c1ccc(C(=O)NC(=O)c2ccccc2)cc1. The molecular formula is C16H13NO3. The third-order valence-electron chi connectivity index (χ3n) is 2.82. The second-order valence-electron chi connectivity index (χ2n) is 4.28. The Balaban J connectivity index is 2.08. The average molecular weight is 267 g/mol. The maximum Gasteiger partial charge on any atom is 0.258 e. The Morgan fingerprint density at radius 2 is 1.15 bits per heavy atom. The lowest BCUT2D eigenvalue weighted by molar-refractivity contribution is 0.0848. The summed E-state index contributed by atoms with van der Waals surface area (Å²) in [5.74, 6) is -1.02. The number of hydrogen-bond acceptors (Lipinski definition) is 3. The molecule has 0 aromatic heterocycles. The first kappa shape index (κ1) is 13.7. The van der Waals surface area contributed by atoms with Crippen molar-refractivity contribution in [3.8, 4) is 0 Å². The number of hydrogen-bond donors (Lipinski definition) is 1. The van der Waals surface area contributed by atoms with Crippen molar-refractivity contribution >= 4 is 17.6 Å². The molecule has 0 heterocycles. The molecule has 1 N–H and O–H groups in total. The zero-order valence-electron chi connectivity index (χ0n) is 10.9. The van der Waals surface area contributed by atoms with Gasteiger partial charge in [0.05, 0.1) is 0 Å². The van der Waals surface area contributed by atoms with Crippen molar-refractivity contribution in [2.45, 2.75) is 6.92 Å². The van der Waals surface area contributed by atoms with Crippen molar-refractivity contribution in [1.82, 2.24) is 5.32 Å². The topological polar surface area (TPSA) is 63.2 Å². The van der Waals surface area contributed by atoms with Crippen molar-refractivity contribution < 1.29 is 14.4 Å². The molecule has 0 fully saturated rings. The van der Waals surface area contributed by atoms with E-state index in [0.29, 0.717) is 16.7 Å². The van der Waals surface area contributed by atoms with E-state index in [1.165, 1.54) is 19.1 Å². The Hall–Kier alpha value is -2.75. The molecule has 4 nitrogen and oxygen atoms in total. The largest absolute Gasteiger partial charge is 0.295 e. The number of carbonyl (C=O) groups is 3. The number of Topliss-reactive ketones (excluding diaryl/α,β-unsaturated/α-hetero) is 1. The van der Waals surface area contributed by atoms with Crippen LogP contribution in [-0.4, -0.2) is 17.6 Å². The van der Waals surface area contributed by atoms with Crippen LogP contribution in [0.2, 0.25) is 0 Å². The Bertz CT molecular complexity index is 645. The van der Waals surface area contributed by atoms with Gasteiger partial charge in [-0.3, -0.25) is 19.7 Å². The van der Waals surface area contributed by atoms with E-state index in [0.717, 1.165) is 0 Å². The van der Waals surface area contributed by atoms with Crippen LogP contribution < -0.4 is 5.32 Å². The van der Waals surface area contributed by atoms with Crippen molar-refractivity contribution in [2.75, 3.05) is 0 Å². The average Bonchev–Trinajstić information content (AvgIpc) is 2.48. The highest BCUT2D eigenvalue weighted by atomic mass is 16.2. The van der Waals surface area contributed by atoms with Crippen molar-refractivity contribution in [2.24, 2.45) is 0 Å². The van der Waals surface area contributed by atoms with Gasteiger partial charge in [0.2, 0.25) is 0 Å². The molecule has 2 aromatic carbocycles. The Labute approximate surface area is 116 Å². The molecule has 2 aromatic rings. The summed E-state index contributed by atoms with van der Waals surface area (Å²) in [6, 6.07) is 14.6. The minimum atomic E-state index is -0.492. The molecule has 0 aliphatic carbocycles. The molecule has 0 unspecified atom stereocenters. The number of carbonyl (C=O) groups excluding carboxylic acids is 3. The summed E-state index contributed by atoms with van der Waals surface area (Å²) >= 11 is 0. The lowest BCUT2D eigenvalue weighted by Gasteiger charge is -2.04. The molecule has 0 aliphatic rings. The molecular weight excluding hydrogens is 254 g/mol. The number of imide groups is 1. The second-order valence-corrected chi connectivity index (χ2v) is 4.28. The predicted molar refractivity (Wildman–Crippen MR) is 74.7 cm³/mol. The normalized spacial score (nSPS) is 9.85. The van der Waals surface area contributed by atoms with Gasteiger partial charge in [0.15, 0.2) is 5.78 Å². The first-order chi connectivity index (χ1) is 9.58. The quantitative estimate of drug-likeness (QED) is 0.686. The molecule has 0 atom stereocenters. The highest BCUT2D eigenvalue weighted by Crippen LogP contribution is 2.06. The number of benzene rings is 2. The number of rotatable bonds is 3. The highest BCUT2D eigenvalue weighted by Gasteiger charge is 2.12. The van der Waals surface area contributed by atoms with Gasteiger partial charge in [0, 0.05) is 16.7 Å². The molecule has 0 saturated heterocycles. The lowest BCUT2D eigenvalue weighted by atomic mass is 10.1. The van der Waals surface area contributed by atoms with E-state index in [1.807, 2.05) is 0 Å².